The Bertz CT molecular complexity index is 549. The standard InChI is InChI=1S/C15H18N2OS/c1-3-13-14(19-11(2)17-13)15(18)16-10-9-12-7-5-4-6-8-12/h4-8H,3,9-10H2,1-2H3,(H,16,18). The van der Waals surface area contributed by atoms with E-state index in [-0.39, 0.29) is 5.91 Å². The molecule has 2 aromatic rings. The van der Waals surface area contributed by atoms with Crippen LogP contribution in [-0.4, -0.2) is 17.4 Å². The Hall–Kier alpha value is -1.68. The normalized spacial score (nSPS) is 10.4. The Labute approximate surface area is 117 Å². The minimum atomic E-state index is -0.00150. The highest BCUT2D eigenvalue weighted by atomic mass is 32.1. The van der Waals surface area contributed by atoms with E-state index >= 15 is 0 Å². The van der Waals surface area contributed by atoms with Gasteiger partial charge in [-0.05, 0) is 25.3 Å². The average Bonchev–Trinajstić information content (AvgIpc) is 2.81. The van der Waals surface area contributed by atoms with Gasteiger partial charge in [-0.25, -0.2) is 4.98 Å². The van der Waals surface area contributed by atoms with Gasteiger partial charge < -0.3 is 5.32 Å². The van der Waals surface area contributed by atoms with Gasteiger partial charge in [0.05, 0.1) is 10.7 Å². The zero-order chi connectivity index (χ0) is 13.7. The summed E-state index contributed by atoms with van der Waals surface area (Å²) in [6, 6.07) is 10.2. The fraction of sp³-hybridized carbons (Fsp3) is 0.333. The summed E-state index contributed by atoms with van der Waals surface area (Å²) < 4.78 is 0. The number of hydrogen-bond acceptors (Lipinski definition) is 3. The molecule has 0 unspecified atom stereocenters. The number of benzene rings is 1. The molecular formula is C15H18N2OS. The molecule has 1 heterocycles. The van der Waals surface area contributed by atoms with E-state index in [0.717, 1.165) is 28.4 Å². The molecule has 0 fully saturated rings. The van der Waals surface area contributed by atoms with Crippen LogP contribution in [0.3, 0.4) is 0 Å². The summed E-state index contributed by atoms with van der Waals surface area (Å²) in [5, 5.41) is 3.92. The van der Waals surface area contributed by atoms with Crippen LogP contribution in [0.5, 0.6) is 0 Å². The van der Waals surface area contributed by atoms with Crippen molar-refractivity contribution in [1.82, 2.24) is 10.3 Å². The van der Waals surface area contributed by atoms with Gasteiger partial charge in [-0.2, -0.15) is 0 Å². The van der Waals surface area contributed by atoms with Crippen LogP contribution in [0.4, 0.5) is 0 Å². The first-order chi connectivity index (χ1) is 9.20. The van der Waals surface area contributed by atoms with E-state index < -0.39 is 0 Å². The number of aryl methyl sites for hydroxylation is 2. The van der Waals surface area contributed by atoms with Gasteiger partial charge in [-0.1, -0.05) is 37.3 Å². The number of rotatable bonds is 5. The third-order valence-corrected chi connectivity index (χ3v) is 3.90. The third kappa shape index (κ3) is 3.64. The molecule has 3 nitrogen and oxygen atoms in total. The van der Waals surface area contributed by atoms with Crippen LogP contribution in [0, 0.1) is 6.92 Å². The van der Waals surface area contributed by atoms with Crippen molar-refractivity contribution < 1.29 is 4.79 Å². The zero-order valence-corrected chi connectivity index (χ0v) is 12.1. The first-order valence-electron chi connectivity index (χ1n) is 6.49. The van der Waals surface area contributed by atoms with Crippen LogP contribution in [-0.2, 0) is 12.8 Å². The molecule has 0 radical (unpaired) electrons. The van der Waals surface area contributed by atoms with Crippen molar-refractivity contribution in [3.8, 4) is 0 Å². The highest BCUT2D eigenvalue weighted by Crippen LogP contribution is 2.18. The number of amides is 1. The molecule has 0 aliphatic rings. The molecular weight excluding hydrogens is 256 g/mol. The maximum atomic E-state index is 12.1. The van der Waals surface area contributed by atoms with Crippen molar-refractivity contribution in [1.29, 1.82) is 0 Å². The molecule has 0 aliphatic carbocycles. The molecule has 0 atom stereocenters. The summed E-state index contributed by atoms with van der Waals surface area (Å²) in [5.74, 6) is -0.00150. The minimum absolute atomic E-state index is 0.00150. The van der Waals surface area contributed by atoms with Gasteiger partial charge in [0.2, 0.25) is 0 Å². The van der Waals surface area contributed by atoms with Gasteiger partial charge in [0.15, 0.2) is 0 Å². The predicted octanol–water partition coefficient (Wildman–Crippen LogP) is 2.99. The van der Waals surface area contributed by atoms with Crippen LogP contribution in [0.1, 0.15) is 32.9 Å². The van der Waals surface area contributed by atoms with Crippen LogP contribution in [0.15, 0.2) is 30.3 Å². The first kappa shape index (κ1) is 13.7. The molecule has 1 amide bonds. The summed E-state index contributed by atoms with van der Waals surface area (Å²) in [7, 11) is 0. The third-order valence-electron chi connectivity index (χ3n) is 2.89. The van der Waals surface area contributed by atoms with E-state index in [9.17, 15) is 4.79 Å². The van der Waals surface area contributed by atoms with Gasteiger partial charge in [-0.3, -0.25) is 4.79 Å². The van der Waals surface area contributed by atoms with Crippen molar-refractivity contribution >= 4 is 17.2 Å². The SMILES string of the molecule is CCc1nc(C)sc1C(=O)NCCc1ccccc1. The lowest BCUT2D eigenvalue weighted by Gasteiger charge is -2.04. The van der Waals surface area contributed by atoms with Gasteiger partial charge in [0.1, 0.15) is 4.88 Å². The van der Waals surface area contributed by atoms with Gasteiger partial charge >= 0.3 is 0 Å². The molecule has 4 heteroatoms. The zero-order valence-electron chi connectivity index (χ0n) is 11.3. The van der Waals surface area contributed by atoms with E-state index in [1.54, 1.807) is 0 Å². The molecule has 1 aromatic heterocycles. The first-order valence-corrected chi connectivity index (χ1v) is 7.30. The maximum absolute atomic E-state index is 12.1. The van der Waals surface area contributed by atoms with Crippen molar-refractivity contribution in [2.45, 2.75) is 26.7 Å². The van der Waals surface area contributed by atoms with E-state index in [0.29, 0.717) is 6.54 Å². The Morgan fingerprint density at radius 1 is 1.32 bits per heavy atom. The second-order valence-corrected chi connectivity index (χ2v) is 5.56. The number of thiazole rings is 1. The number of carbonyl (C=O) groups is 1. The molecule has 0 saturated heterocycles. The fourth-order valence-corrected chi connectivity index (χ4v) is 2.86. The van der Waals surface area contributed by atoms with Crippen LogP contribution in [0.25, 0.3) is 0 Å². The number of carbonyl (C=O) groups excluding carboxylic acids is 1. The number of nitrogens with zero attached hydrogens (tertiary/aromatic N) is 1. The Balaban J connectivity index is 1.91. The van der Waals surface area contributed by atoms with Gasteiger partial charge in [-0.15, -0.1) is 11.3 Å². The minimum Gasteiger partial charge on any atom is -0.351 e. The summed E-state index contributed by atoms with van der Waals surface area (Å²) >= 11 is 1.47. The Morgan fingerprint density at radius 2 is 2.05 bits per heavy atom. The number of hydrogen-bond donors (Lipinski definition) is 1. The van der Waals surface area contributed by atoms with Gasteiger partial charge in [0.25, 0.3) is 5.91 Å². The Morgan fingerprint density at radius 3 is 2.74 bits per heavy atom. The lowest BCUT2D eigenvalue weighted by atomic mass is 10.1. The number of aromatic nitrogens is 1. The highest BCUT2D eigenvalue weighted by Gasteiger charge is 2.14. The van der Waals surface area contributed by atoms with Crippen molar-refractivity contribution in [3.05, 3.63) is 51.5 Å². The van der Waals surface area contributed by atoms with E-state index in [2.05, 4.69) is 22.4 Å². The lowest BCUT2D eigenvalue weighted by molar-refractivity contribution is 0.0957. The van der Waals surface area contributed by atoms with Crippen molar-refractivity contribution in [2.24, 2.45) is 0 Å². The van der Waals surface area contributed by atoms with Gasteiger partial charge in [0, 0.05) is 6.54 Å². The average molecular weight is 274 g/mol. The summed E-state index contributed by atoms with van der Waals surface area (Å²) in [5.41, 5.74) is 2.14. The molecule has 2 rings (SSSR count). The maximum Gasteiger partial charge on any atom is 0.263 e. The highest BCUT2D eigenvalue weighted by molar-refractivity contribution is 7.13. The summed E-state index contributed by atoms with van der Waals surface area (Å²) in [4.78, 5) is 17.2. The predicted molar refractivity (Wildman–Crippen MR) is 78.7 cm³/mol. The molecule has 100 valence electrons. The quantitative estimate of drug-likeness (QED) is 0.910. The summed E-state index contributed by atoms with van der Waals surface area (Å²) in [6.07, 6.45) is 1.65. The Kier molecular flexibility index (Phi) is 4.68. The molecule has 0 aliphatic heterocycles. The second-order valence-electron chi connectivity index (χ2n) is 4.35. The van der Waals surface area contributed by atoms with Crippen LogP contribution < -0.4 is 5.32 Å². The van der Waals surface area contributed by atoms with Crippen molar-refractivity contribution in [3.63, 3.8) is 0 Å². The topological polar surface area (TPSA) is 42.0 Å². The molecule has 1 aromatic carbocycles. The second kappa shape index (κ2) is 6.48. The monoisotopic (exact) mass is 274 g/mol. The molecule has 0 bridgehead atoms. The molecule has 0 spiro atoms. The summed E-state index contributed by atoms with van der Waals surface area (Å²) in [6.45, 7) is 4.61. The number of nitrogens with one attached hydrogen (secondary N) is 1. The molecule has 19 heavy (non-hydrogen) atoms. The van der Waals surface area contributed by atoms with Crippen molar-refractivity contribution in [2.75, 3.05) is 6.54 Å². The largest absolute Gasteiger partial charge is 0.351 e. The van der Waals surface area contributed by atoms with E-state index in [1.807, 2.05) is 32.0 Å². The van der Waals surface area contributed by atoms with Crippen LogP contribution >= 0.6 is 11.3 Å². The lowest BCUT2D eigenvalue weighted by Crippen LogP contribution is -2.25. The molecule has 1 N–H and O–H groups in total. The fourth-order valence-electron chi connectivity index (χ4n) is 1.93. The van der Waals surface area contributed by atoms with E-state index in [1.165, 1.54) is 16.9 Å². The smallest absolute Gasteiger partial charge is 0.263 e. The van der Waals surface area contributed by atoms with Crippen LogP contribution in [0.2, 0.25) is 0 Å². The van der Waals surface area contributed by atoms with E-state index in [4.69, 9.17) is 0 Å². The molecule has 0 saturated carbocycles.